The molecule has 2 aromatic carbocycles. The van der Waals surface area contributed by atoms with Crippen LogP contribution < -0.4 is 5.32 Å². The molecule has 0 aliphatic carbocycles. The van der Waals surface area contributed by atoms with Gasteiger partial charge in [0, 0.05) is 22.8 Å². The second-order valence-corrected chi connectivity index (χ2v) is 6.15. The standard InChI is InChI=1S/C19H20ClNO5/c1-12(18(24)13-2-6-15(20)7-3-13)26-19(25)14-4-8-16(9-5-14)21-10-17(23)11-22/h2-9,12,17,21-23H,10-11H2,1H3. The van der Waals surface area contributed by atoms with Crippen LogP contribution in [0.3, 0.4) is 0 Å². The maximum absolute atomic E-state index is 12.3. The molecule has 2 rings (SSSR count). The van der Waals surface area contributed by atoms with Crippen LogP contribution in [0.25, 0.3) is 0 Å². The van der Waals surface area contributed by atoms with Crippen LogP contribution in [-0.2, 0) is 4.74 Å². The van der Waals surface area contributed by atoms with E-state index in [1.807, 2.05) is 0 Å². The number of aliphatic hydroxyl groups excluding tert-OH is 2. The van der Waals surface area contributed by atoms with Crippen molar-refractivity contribution in [3.63, 3.8) is 0 Å². The molecule has 26 heavy (non-hydrogen) atoms. The Balaban J connectivity index is 1.94. The van der Waals surface area contributed by atoms with Gasteiger partial charge in [-0.3, -0.25) is 4.79 Å². The molecule has 0 aliphatic rings. The van der Waals surface area contributed by atoms with E-state index in [4.69, 9.17) is 21.4 Å². The Labute approximate surface area is 156 Å². The molecule has 0 heterocycles. The number of esters is 1. The fraction of sp³-hybridized carbons (Fsp3) is 0.263. The smallest absolute Gasteiger partial charge is 0.338 e. The summed E-state index contributed by atoms with van der Waals surface area (Å²) >= 11 is 5.79. The Hall–Kier alpha value is -2.41. The number of rotatable bonds is 8. The van der Waals surface area contributed by atoms with Crippen molar-refractivity contribution in [1.82, 2.24) is 0 Å². The number of Topliss-reactive ketones (excluding diaryl/α,β-unsaturated/α-hetero) is 1. The summed E-state index contributed by atoms with van der Waals surface area (Å²) < 4.78 is 5.22. The molecule has 0 aromatic heterocycles. The van der Waals surface area contributed by atoms with E-state index in [0.29, 0.717) is 21.8 Å². The predicted molar refractivity (Wildman–Crippen MR) is 98.7 cm³/mol. The average molecular weight is 378 g/mol. The summed E-state index contributed by atoms with van der Waals surface area (Å²) in [7, 11) is 0. The van der Waals surface area contributed by atoms with Crippen LogP contribution in [0.5, 0.6) is 0 Å². The molecule has 0 radical (unpaired) electrons. The van der Waals surface area contributed by atoms with Gasteiger partial charge in [-0.25, -0.2) is 4.79 Å². The minimum atomic E-state index is -0.929. The lowest BCUT2D eigenvalue weighted by Crippen LogP contribution is -2.24. The van der Waals surface area contributed by atoms with Crippen molar-refractivity contribution in [1.29, 1.82) is 0 Å². The molecule has 2 aromatic rings. The number of ether oxygens (including phenoxy) is 1. The maximum Gasteiger partial charge on any atom is 0.338 e. The third-order valence-corrected chi connectivity index (χ3v) is 3.91. The molecule has 0 saturated carbocycles. The van der Waals surface area contributed by atoms with Crippen molar-refractivity contribution >= 4 is 29.0 Å². The quantitative estimate of drug-likeness (QED) is 0.483. The molecule has 0 bridgehead atoms. The lowest BCUT2D eigenvalue weighted by atomic mass is 10.1. The van der Waals surface area contributed by atoms with Crippen LogP contribution in [0.1, 0.15) is 27.6 Å². The third-order valence-electron chi connectivity index (χ3n) is 3.65. The highest BCUT2D eigenvalue weighted by Gasteiger charge is 2.20. The third kappa shape index (κ3) is 5.56. The van der Waals surface area contributed by atoms with E-state index < -0.39 is 18.2 Å². The summed E-state index contributed by atoms with van der Waals surface area (Å²) in [6, 6.07) is 12.8. The molecule has 0 saturated heterocycles. The van der Waals surface area contributed by atoms with E-state index in [2.05, 4.69) is 5.32 Å². The lowest BCUT2D eigenvalue weighted by Gasteiger charge is -2.13. The first kappa shape index (κ1) is 19.9. The molecular formula is C19H20ClNO5. The second kappa shape index (κ2) is 9.33. The molecule has 2 unspecified atom stereocenters. The van der Waals surface area contributed by atoms with Gasteiger partial charge in [0.05, 0.1) is 18.3 Å². The number of carbonyl (C=O) groups excluding carboxylic acids is 2. The van der Waals surface area contributed by atoms with Gasteiger partial charge in [-0.15, -0.1) is 0 Å². The molecule has 6 nitrogen and oxygen atoms in total. The molecule has 138 valence electrons. The summed E-state index contributed by atoms with van der Waals surface area (Å²) in [6.07, 6.45) is -1.79. The van der Waals surface area contributed by atoms with Gasteiger partial charge in [0.1, 0.15) is 0 Å². The van der Waals surface area contributed by atoms with Crippen molar-refractivity contribution in [3.05, 3.63) is 64.7 Å². The zero-order valence-corrected chi connectivity index (χ0v) is 14.9. The number of ketones is 1. The molecule has 3 N–H and O–H groups in total. The van der Waals surface area contributed by atoms with Gasteiger partial charge in [0.15, 0.2) is 6.10 Å². The number of anilines is 1. The van der Waals surface area contributed by atoms with Gasteiger partial charge >= 0.3 is 5.97 Å². The summed E-state index contributed by atoms with van der Waals surface area (Å²) in [6.45, 7) is 1.37. The van der Waals surface area contributed by atoms with E-state index in [0.717, 1.165) is 0 Å². The van der Waals surface area contributed by atoms with Crippen molar-refractivity contribution < 1.29 is 24.5 Å². The predicted octanol–water partition coefficient (Wildman–Crippen LogP) is 2.53. The zero-order chi connectivity index (χ0) is 19.1. The molecular weight excluding hydrogens is 358 g/mol. The lowest BCUT2D eigenvalue weighted by molar-refractivity contribution is 0.0319. The summed E-state index contributed by atoms with van der Waals surface area (Å²) in [5.74, 6) is -0.923. The van der Waals surface area contributed by atoms with Crippen LogP contribution in [0.15, 0.2) is 48.5 Å². The number of carbonyl (C=O) groups is 2. The van der Waals surface area contributed by atoms with Crippen LogP contribution in [-0.4, -0.2) is 47.3 Å². The number of benzene rings is 2. The zero-order valence-electron chi connectivity index (χ0n) is 14.2. The van der Waals surface area contributed by atoms with Crippen LogP contribution in [0.4, 0.5) is 5.69 Å². The second-order valence-electron chi connectivity index (χ2n) is 5.71. The SMILES string of the molecule is CC(OC(=O)c1ccc(NCC(O)CO)cc1)C(=O)c1ccc(Cl)cc1. The van der Waals surface area contributed by atoms with Crippen molar-refractivity contribution in [2.24, 2.45) is 0 Å². The molecule has 7 heteroatoms. The number of hydrogen-bond donors (Lipinski definition) is 3. The van der Waals surface area contributed by atoms with Crippen molar-refractivity contribution in [2.45, 2.75) is 19.1 Å². The van der Waals surface area contributed by atoms with E-state index in [1.165, 1.54) is 6.92 Å². The molecule has 0 amide bonds. The molecule has 0 aliphatic heterocycles. The number of hydrogen-bond acceptors (Lipinski definition) is 6. The Morgan fingerprint density at radius 3 is 2.23 bits per heavy atom. The summed E-state index contributed by atoms with van der Waals surface area (Å²) in [5.41, 5.74) is 1.39. The van der Waals surface area contributed by atoms with E-state index in [1.54, 1.807) is 48.5 Å². The highest BCUT2D eigenvalue weighted by Crippen LogP contribution is 2.15. The Bertz CT molecular complexity index is 746. The highest BCUT2D eigenvalue weighted by molar-refractivity contribution is 6.30. The molecule has 0 fully saturated rings. The largest absolute Gasteiger partial charge is 0.451 e. The minimum Gasteiger partial charge on any atom is -0.451 e. The Morgan fingerprint density at radius 2 is 1.65 bits per heavy atom. The van der Waals surface area contributed by atoms with Crippen molar-refractivity contribution in [3.8, 4) is 0 Å². The van der Waals surface area contributed by atoms with Crippen LogP contribution in [0, 0.1) is 0 Å². The Kier molecular flexibility index (Phi) is 7.15. The first-order chi connectivity index (χ1) is 12.4. The van der Waals surface area contributed by atoms with Gasteiger partial charge in [0.25, 0.3) is 0 Å². The van der Waals surface area contributed by atoms with Crippen LogP contribution >= 0.6 is 11.6 Å². The van der Waals surface area contributed by atoms with E-state index >= 15 is 0 Å². The fourth-order valence-corrected chi connectivity index (χ4v) is 2.28. The Morgan fingerprint density at radius 1 is 1.08 bits per heavy atom. The van der Waals surface area contributed by atoms with Gasteiger partial charge in [-0.2, -0.15) is 0 Å². The number of halogens is 1. The number of nitrogens with one attached hydrogen (secondary N) is 1. The maximum atomic E-state index is 12.3. The number of aliphatic hydroxyl groups is 2. The van der Waals surface area contributed by atoms with Gasteiger partial charge in [0.2, 0.25) is 5.78 Å². The van der Waals surface area contributed by atoms with Gasteiger partial charge in [-0.05, 0) is 55.5 Å². The monoisotopic (exact) mass is 377 g/mol. The van der Waals surface area contributed by atoms with E-state index in [-0.39, 0.29) is 18.9 Å². The van der Waals surface area contributed by atoms with Gasteiger partial charge < -0.3 is 20.3 Å². The average Bonchev–Trinajstić information content (AvgIpc) is 2.66. The summed E-state index contributed by atoms with van der Waals surface area (Å²) in [4.78, 5) is 24.5. The van der Waals surface area contributed by atoms with Crippen molar-refractivity contribution in [2.75, 3.05) is 18.5 Å². The molecule has 0 spiro atoms. The highest BCUT2D eigenvalue weighted by atomic mass is 35.5. The first-order valence-corrected chi connectivity index (χ1v) is 8.42. The fourth-order valence-electron chi connectivity index (χ4n) is 2.16. The minimum absolute atomic E-state index is 0.187. The van der Waals surface area contributed by atoms with E-state index in [9.17, 15) is 14.7 Å². The topological polar surface area (TPSA) is 95.9 Å². The molecule has 2 atom stereocenters. The normalized spacial score (nSPS) is 12.9. The summed E-state index contributed by atoms with van der Waals surface area (Å²) in [5, 5.41) is 21.5. The van der Waals surface area contributed by atoms with Crippen LogP contribution in [0.2, 0.25) is 5.02 Å². The first-order valence-electron chi connectivity index (χ1n) is 8.04. The van der Waals surface area contributed by atoms with Gasteiger partial charge in [-0.1, -0.05) is 11.6 Å².